The maximum atomic E-state index is 13.1. The molecule has 152 valence electrons. The number of carbonyl (C=O) groups excluding carboxylic acids is 2. The molecule has 0 bridgehead atoms. The average Bonchev–Trinajstić information content (AvgIpc) is 3.29. The van der Waals surface area contributed by atoms with Crippen LogP contribution in [0.15, 0.2) is 54.6 Å². The van der Waals surface area contributed by atoms with Crippen molar-refractivity contribution in [3.63, 3.8) is 0 Å². The lowest BCUT2D eigenvalue weighted by molar-refractivity contribution is 0.0773. The number of nitrogens with zero attached hydrogens (tertiary/aromatic N) is 3. The van der Waals surface area contributed by atoms with Gasteiger partial charge in [-0.1, -0.05) is 24.3 Å². The van der Waals surface area contributed by atoms with Crippen molar-refractivity contribution in [1.82, 2.24) is 15.1 Å². The first-order valence-corrected chi connectivity index (χ1v) is 10.3. The Bertz CT molecular complexity index is 864. The zero-order valence-electron chi connectivity index (χ0n) is 16.9. The Hall–Kier alpha value is -2.70. The summed E-state index contributed by atoms with van der Waals surface area (Å²) in [5.74, 6) is -0.106. The normalized spacial score (nSPS) is 19.9. The summed E-state index contributed by atoms with van der Waals surface area (Å²) < 4.78 is 0. The van der Waals surface area contributed by atoms with Crippen molar-refractivity contribution in [2.75, 3.05) is 51.2 Å². The van der Waals surface area contributed by atoms with E-state index in [1.165, 1.54) is 0 Å². The van der Waals surface area contributed by atoms with Gasteiger partial charge in [-0.25, -0.2) is 0 Å². The van der Waals surface area contributed by atoms with Gasteiger partial charge in [-0.15, -0.1) is 0 Å². The van der Waals surface area contributed by atoms with Gasteiger partial charge in [-0.3, -0.25) is 14.5 Å². The summed E-state index contributed by atoms with van der Waals surface area (Å²) in [6, 6.07) is 17.1. The molecule has 2 aromatic carbocycles. The fourth-order valence-corrected chi connectivity index (χ4v) is 4.20. The summed E-state index contributed by atoms with van der Waals surface area (Å²) in [4.78, 5) is 32.0. The minimum Gasteiger partial charge on any atom is -0.337 e. The van der Waals surface area contributed by atoms with Gasteiger partial charge in [-0.2, -0.15) is 0 Å². The van der Waals surface area contributed by atoms with E-state index in [0.29, 0.717) is 17.2 Å². The summed E-state index contributed by atoms with van der Waals surface area (Å²) in [5.41, 5.74) is 1.94. The molecule has 0 radical (unpaired) electrons. The molecule has 0 aromatic heterocycles. The minimum absolute atomic E-state index is 0.0136. The molecule has 29 heavy (non-hydrogen) atoms. The smallest absolute Gasteiger partial charge is 0.258 e. The van der Waals surface area contributed by atoms with Crippen LogP contribution >= 0.6 is 0 Å². The number of anilines is 1. The maximum absolute atomic E-state index is 13.1. The molecule has 0 spiro atoms. The molecule has 0 saturated carbocycles. The van der Waals surface area contributed by atoms with Crippen LogP contribution in [0.4, 0.5) is 5.69 Å². The Labute approximate surface area is 172 Å². The van der Waals surface area contributed by atoms with Crippen molar-refractivity contribution in [1.29, 1.82) is 0 Å². The number of piperazine rings is 1. The van der Waals surface area contributed by atoms with Crippen molar-refractivity contribution >= 4 is 17.5 Å². The fraction of sp³-hybridized carbons (Fsp3) is 0.391. The van der Waals surface area contributed by atoms with Crippen LogP contribution in [0.2, 0.25) is 0 Å². The first-order valence-electron chi connectivity index (χ1n) is 10.3. The van der Waals surface area contributed by atoms with Gasteiger partial charge in [0.2, 0.25) is 0 Å². The third-order valence-electron chi connectivity index (χ3n) is 5.92. The van der Waals surface area contributed by atoms with Crippen molar-refractivity contribution in [3.8, 4) is 0 Å². The van der Waals surface area contributed by atoms with Gasteiger partial charge >= 0.3 is 0 Å². The second kappa shape index (κ2) is 8.76. The fourth-order valence-electron chi connectivity index (χ4n) is 4.20. The number of nitrogens with one attached hydrogen (secondary N) is 1. The molecular formula is C23H28N4O2. The number of carbonyl (C=O) groups is 2. The topological polar surface area (TPSA) is 55.9 Å². The molecule has 4 rings (SSSR count). The minimum atomic E-state index is -0.119. The lowest BCUT2D eigenvalue weighted by Gasteiger charge is -2.32. The van der Waals surface area contributed by atoms with E-state index in [4.69, 9.17) is 0 Å². The second-order valence-corrected chi connectivity index (χ2v) is 7.76. The summed E-state index contributed by atoms with van der Waals surface area (Å²) in [5, 5.41) is 3.38. The van der Waals surface area contributed by atoms with Crippen LogP contribution in [-0.4, -0.2) is 74.0 Å². The van der Waals surface area contributed by atoms with Crippen molar-refractivity contribution in [3.05, 3.63) is 65.7 Å². The van der Waals surface area contributed by atoms with Crippen LogP contribution in [0, 0.1) is 0 Å². The molecule has 1 N–H and O–H groups in total. The predicted molar refractivity (Wildman–Crippen MR) is 114 cm³/mol. The standard InChI is InChI=1S/C23H28N4O2/c1-25(20-8-3-2-4-9-20)22(28)18-6-5-7-19(16-18)23(29)27-13-10-21(17-27)26-14-11-24-12-15-26/h2-9,16,21,24H,10-15,17H2,1H3. The third-order valence-corrected chi connectivity index (χ3v) is 5.92. The molecule has 6 heteroatoms. The van der Waals surface area contributed by atoms with E-state index in [0.717, 1.165) is 51.4 Å². The van der Waals surface area contributed by atoms with Gasteiger partial charge in [-0.05, 0) is 36.8 Å². The van der Waals surface area contributed by atoms with Gasteiger partial charge in [0.15, 0.2) is 0 Å². The van der Waals surface area contributed by atoms with Gasteiger partial charge < -0.3 is 15.1 Å². The zero-order valence-corrected chi connectivity index (χ0v) is 16.9. The quantitative estimate of drug-likeness (QED) is 0.866. The first-order chi connectivity index (χ1) is 14.1. The van der Waals surface area contributed by atoms with E-state index in [9.17, 15) is 9.59 Å². The number of rotatable bonds is 4. The number of hydrogen-bond acceptors (Lipinski definition) is 4. The summed E-state index contributed by atoms with van der Waals surface area (Å²) >= 11 is 0. The lowest BCUT2D eigenvalue weighted by Crippen LogP contribution is -2.49. The molecule has 2 aromatic rings. The molecule has 1 unspecified atom stereocenters. The van der Waals surface area contributed by atoms with Crippen LogP contribution in [0.5, 0.6) is 0 Å². The number of likely N-dealkylation sites (tertiary alicyclic amines) is 1. The molecule has 2 aliphatic heterocycles. The SMILES string of the molecule is CN(C(=O)c1cccc(C(=O)N2CCC(N3CCNCC3)C2)c1)c1ccccc1. The Kier molecular flexibility index (Phi) is 5.92. The van der Waals surface area contributed by atoms with E-state index >= 15 is 0 Å². The van der Waals surface area contributed by atoms with E-state index in [1.54, 1.807) is 36.2 Å². The van der Waals surface area contributed by atoms with E-state index < -0.39 is 0 Å². The molecule has 1 atom stereocenters. The van der Waals surface area contributed by atoms with Gasteiger partial charge in [0.05, 0.1) is 0 Å². The highest BCUT2D eigenvalue weighted by molar-refractivity contribution is 6.07. The van der Waals surface area contributed by atoms with Gasteiger partial charge in [0.25, 0.3) is 11.8 Å². The zero-order chi connectivity index (χ0) is 20.2. The van der Waals surface area contributed by atoms with E-state index in [2.05, 4.69) is 10.2 Å². The Balaban J connectivity index is 1.44. The van der Waals surface area contributed by atoms with Gasteiger partial charge in [0, 0.05) is 69.2 Å². The first kappa shape index (κ1) is 19.6. The molecule has 2 amide bonds. The molecule has 6 nitrogen and oxygen atoms in total. The van der Waals surface area contributed by atoms with Crippen molar-refractivity contribution in [2.24, 2.45) is 0 Å². The van der Waals surface area contributed by atoms with Crippen molar-refractivity contribution in [2.45, 2.75) is 12.5 Å². The Morgan fingerprint density at radius 3 is 2.45 bits per heavy atom. The number of para-hydroxylation sites is 1. The van der Waals surface area contributed by atoms with Crippen LogP contribution in [0.1, 0.15) is 27.1 Å². The third kappa shape index (κ3) is 4.33. The largest absolute Gasteiger partial charge is 0.337 e. The molecule has 0 aliphatic carbocycles. The number of hydrogen-bond donors (Lipinski definition) is 1. The Morgan fingerprint density at radius 1 is 0.966 bits per heavy atom. The lowest BCUT2D eigenvalue weighted by atomic mass is 10.1. The predicted octanol–water partition coefficient (Wildman–Crippen LogP) is 2.08. The van der Waals surface area contributed by atoms with Crippen LogP contribution < -0.4 is 10.2 Å². The molecular weight excluding hydrogens is 364 g/mol. The summed E-state index contributed by atoms with van der Waals surface area (Å²) in [7, 11) is 1.75. The summed E-state index contributed by atoms with van der Waals surface area (Å²) in [6.07, 6.45) is 1.01. The van der Waals surface area contributed by atoms with Crippen LogP contribution in [-0.2, 0) is 0 Å². The van der Waals surface area contributed by atoms with Crippen LogP contribution in [0.25, 0.3) is 0 Å². The Morgan fingerprint density at radius 2 is 1.69 bits per heavy atom. The van der Waals surface area contributed by atoms with E-state index in [-0.39, 0.29) is 11.8 Å². The highest BCUT2D eigenvalue weighted by Gasteiger charge is 2.31. The molecule has 2 saturated heterocycles. The second-order valence-electron chi connectivity index (χ2n) is 7.76. The van der Waals surface area contributed by atoms with Crippen LogP contribution in [0.3, 0.4) is 0 Å². The van der Waals surface area contributed by atoms with Crippen molar-refractivity contribution < 1.29 is 9.59 Å². The molecule has 2 fully saturated rings. The average molecular weight is 393 g/mol. The van der Waals surface area contributed by atoms with Gasteiger partial charge in [0.1, 0.15) is 0 Å². The monoisotopic (exact) mass is 392 g/mol. The maximum Gasteiger partial charge on any atom is 0.258 e. The number of benzene rings is 2. The highest BCUT2D eigenvalue weighted by atomic mass is 16.2. The summed E-state index contributed by atoms with van der Waals surface area (Å²) in [6.45, 7) is 5.66. The highest BCUT2D eigenvalue weighted by Crippen LogP contribution is 2.20. The molecule has 2 heterocycles. The van der Waals surface area contributed by atoms with E-state index in [1.807, 2.05) is 35.2 Å². The molecule has 2 aliphatic rings. The number of amides is 2.